The van der Waals surface area contributed by atoms with Crippen molar-refractivity contribution < 1.29 is 22.7 Å². The van der Waals surface area contributed by atoms with Crippen molar-refractivity contribution in [3.8, 4) is 11.8 Å². The number of nitriles is 1. The zero-order valence-electron chi connectivity index (χ0n) is 18.1. The first-order valence-corrected chi connectivity index (χ1v) is 11.5. The van der Waals surface area contributed by atoms with E-state index in [1.54, 1.807) is 24.3 Å². The smallest absolute Gasteiger partial charge is 0.410 e. The van der Waals surface area contributed by atoms with Crippen LogP contribution >= 0.6 is 11.3 Å². The molecule has 0 saturated carbocycles. The number of nitrogens with zero attached hydrogens (tertiary/aromatic N) is 3. The largest absolute Gasteiger partial charge is 0.497 e. The number of rotatable bonds is 4. The number of thiophene rings is 1. The zero-order chi connectivity index (χ0) is 24.0. The average molecular weight is 488 g/mol. The highest BCUT2D eigenvalue weighted by atomic mass is 32.1. The van der Waals surface area contributed by atoms with Gasteiger partial charge in [-0.05, 0) is 42.5 Å². The molecule has 2 atom stereocenters. The minimum absolute atomic E-state index is 0.00509. The van der Waals surface area contributed by atoms with Gasteiger partial charge in [-0.15, -0.1) is 11.3 Å². The number of ether oxygens (including phenoxy) is 1. The van der Waals surface area contributed by atoms with Crippen molar-refractivity contribution in [1.82, 2.24) is 9.78 Å². The molecule has 7 nitrogen and oxygen atoms in total. The van der Waals surface area contributed by atoms with Crippen LogP contribution in [0.1, 0.15) is 56.9 Å². The molecular weight excluding hydrogens is 467 g/mol. The fourth-order valence-corrected chi connectivity index (χ4v) is 5.80. The molecule has 11 heteroatoms. The van der Waals surface area contributed by atoms with Gasteiger partial charge < -0.3 is 15.4 Å². The molecule has 34 heavy (non-hydrogen) atoms. The van der Waals surface area contributed by atoms with Gasteiger partial charge >= 0.3 is 6.18 Å². The SMILES string of the molecule is COc1ccc(C2CC(C(F)(F)F)n3ncc(C(=O)Nc4sc5c(c4C#N)CCC5)c3N2)cc1. The van der Waals surface area contributed by atoms with E-state index in [9.17, 15) is 23.2 Å². The highest BCUT2D eigenvalue weighted by Crippen LogP contribution is 2.45. The number of hydrogen-bond acceptors (Lipinski definition) is 6. The number of carbonyl (C=O) groups is 1. The third-order valence-corrected chi connectivity index (χ3v) is 7.47. The number of amides is 1. The Balaban J connectivity index is 1.48. The highest BCUT2D eigenvalue weighted by Gasteiger charge is 2.47. The number of benzene rings is 1. The van der Waals surface area contributed by atoms with Gasteiger partial charge in [-0.1, -0.05) is 12.1 Å². The molecule has 0 fully saturated rings. The fourth-order valence-electron chi connectivity index (χ4n) is 4.56. The number of nitrogens with one attached hydrogen (secondary N) is 2. The molecular formula is C23H20F3N5O2S. The summed E-state index contributed by atoms with van der Waals surface area (Å²) in [6.45, 7) is 0. The van der Waals surface area contributed by atoms with Gasteiger partial charge in [0.05, 0.1) is 24.9 Å². The van der Waals surface area contributed by atoms with E-state index >= 15 is 0 Å². The second-order valence-corrected chi connectivity index (χ2v) is 9.35. The van der Waals surface area contributed by atoms with Crippen LogP contribution in [0.15, 0.2) is 30.5 Å². The first kappa shape index (κ1) is 22.3. The van der Waals surface area contributed by atoms with Crippen LogP contribution in [0.25, 0.3) is 0 Å². The monoisotopic (exact) mass is 487 g/mol. The van der Waals surface area contributed by atoms with Crippen molar-refractivity contribution in [2.45, 2.75) is 43.9 Å². The normalized spacial score (nSPS) is 19.0. The molecule has 2 aliphatic rings. The van der Waals surface area contributed by atoms with Crippen LogP contribution in [0.5, 0.6) is 5.75 Å². The third-order valence-electron chi connectivity index (χ3n) is 6.26. The number of aromatic nitrogens is 2. The summed E-state index contributed by atoms with van der Waals surface area (Å²) in [4.78, 5) is 14.2. The number of anilines is 2. The molecule has 176 valence electrons. The maximum atomic E-state index is 13.9. The second kappa shape index (κ2) is 8.36. The van der Waals surface area contributed by atoms with Crippen molar-refractivity contribution in [3.05, 3.63) is 57.6 Å². The highest BCUT2D eigenvalue weighted by molar-refractivity contribution is 7.16. The molecule has 1 aliphatic carbocycles. The van der Waals surface area contributed by atoms with E-state index < -0.39 is 24.2 Å². The molecule has 1 aliphatic heterocycles. The molecule has 3 heterocycles. The Hall–Kier alpha value is -3.52. The standard InChI is InChI=1S/C23H20F3N5O2S/c1-33-13-7-5-12(6-8-13)17-9-19(23(24,25)26)31-20(29-17)16(11-28-31)21(32)30-22-15(10-27)14-3-2-4-18(14)34-22/h5-8,11,17,19,29H,2-4,9H2,1H3,(H,30,32). The van der Waals surface area contributed by atoms with Crippen LogP contribution in [-0.4, -0.2) is 29.0 Å². The second-order valence-electron chi connectivity index (χ2n) is 8.24. The molecule has 0 radical (unpaired) electrons. The Morgan fingerprint density at radius 3 is 2.76 bits per heavy atom. The van der Waals surface area contributed by atoms with Crippen LogP contribution in [0, 0.1) is 11.3 Å². The number of carbonyl (C=O) groups excluding carboxylic acids is 1. The summed E-state index contributed by atoms with van der Waals surface area (Å²) >= 11 is 1.35. The van der Waals surface area contributed by atoms with Crippen molar-refractivity contribution >= 4 is 28.1 Å². The first-order valence-electron chi connectivity index (χ1n) is 10.7. The Morgan fingerprint density at radius 1 is 1.32 bits per heavy atom. The Kier molecular flexibility index (Phi) is 5.48. The molecule has 1 aromatic carbocycles. The van der Waals surface area contributed by atoms with Crippen LogP contribution in [-0.2, 0) is 12.8 Å². The van der Waals surface area contributed by atoms with Gasteiger partial charge in [0, 0.05) is 11.3 Å². The van der Waals surface area contributed by atoms with Gasteiger partial charge in [0.15, 0.2) is 6.04 Å². The third kappa shape index (κ3) is 3.77. The molecule has 3 aromatic rings. The lowest BCUT2D eigenvalue weighted by Crippen LogP contribution is -2.36. The Morgan fingerprint density at radius 2 is 2.09 bits per heavy atom. The van der Waals surface area contributed by atoms with Crippen molar-refractivity contribution in [3.63, 3.8) is 0 Å². The lowest BCUT2D eigenvalue weighted by molar-refractivity contribution is -0.173. The van der Waals surface area contributed by atoms with E-state index in [4.69, 9.17) is 4.74 Å². The van der Waals surface area contributed by atoms with E-state index in [2.05, 4.69) is 21.8 Å². The number of aryl methyl sites for hydroxylation is 1. The summed E-state index contributed by atoms with van der Waals surface area (Å²) in [7, 11) is 1.51. The maximum absolute atomic E-state index is 13.9. The van der Waals surface area contributed by atoms with Crippen molar-refractivity contribution in [2.24, 2.45) is 0 Å². The predicted octanol–water partition coefficient (Wildman–Crippen LogP) is 5.23. The maximum Gasteiger partial charge on any atom is 0.410 e. The summed E-state index contributed by atoms with van der Waals surface area (Å²) in [6, 6.07) is 6.33. The fraction of sp³-hybridized carbons (Fsp3) is 0.348. The van der Waals surface area contributed by atoms with E-state index in [0.717, 1.165) is 40.6 Å². The summed E-state index contributed by atoms with van der Waals surface area (Å²) in [5, 5.41) is 19.7. The number of halogens is 3. The van der Waals surface area contributed by atoms with Crippen LogP contribution in [0.4, 0.5) is 24.0 Å². The average Bonchev–Trinajstić information content (AvgIpc) is 3.52. The Bertz CT molecular complexity index is 1290. The van der Waals surface area contributed by atoms with Gasteiger partial charge in [0.25, 0.3) is 5.91 Å². The van der Waals surface area contributed by atoms with E-state index in [1.165, 1.54) is 18.4 Å². The van der Waals surface area contributed by atoms with Crippen LogP contribution < -0.4 is 15.4 Å². The quantitative estimate of drug-likeness (QED) is 0.526. The first-order chi connectivity index (χ1) is 16.3. The number of fused-ring (bicyclic) bond motifs is 2. The molecule has 0 bridgehead atoms. The molecule has 0 spiro atoms. The molecule has 1 amide bonds. The molecule has 2 unspecified atom stereocenters. The zero-order valence-corrected chi connectivity index (χ0v) is 18.9. The van der Waals surface area contributed by atoms with Crippen molar-refractivity contribution in [1.29, 1.82) is 5.26 Å². The summed E-state index contributed by atoms with van der Waals surface area (Å²) in [5.74, 6) is -0.0239. The van der Waals surface area contributed by atoms with E-state index in [0.29, 0.717) is 21.9 Å². The Labute approximate surface area is 197 Å². The van der Waals surface area contributed by atoms with Crippen molar-refractivity contribution in [2.75, 3.05) is 17.7 Å². The van der Waals surface area contributed by atoms with Gasteiger partial charge in [-0.2, -0.15) is 23.5 Å². The van der Waals surface area contributed by atoms with E-state index in [1.807, 2.05) is 0 Å². The lowest BCUT2D eigenvalue weighted by Gasteiger charge is -2.34. The molecule has 0 saturated heterocycles. The minimum Gasteiger partial charge on any atom is -0.497 e. The molecule has 5 rings (SSSR count). The van der Waals surface area contributed by atoms with E-state index in [-0.39, 0.29) is 17.8 Å². The number of alkyl halides is 3. The number of hydrogen-bond donors (Lipinski definition) is 2. The van der Waals surface area contributed by atoms with Crippen LogP contribution in [0.3, 0.4) is 0 Å². The summed E-state index contributed by atoms with van der Waals surface area (Å²) in [6.07, 6.45) is -1.08. The van der Waals surface area contributed by atoms with Gasteiger partial charge in [0.1, 0.15) is 28.2 Å². The predicted molar refractivity (Wildman–Crippen MR) is 120 cm³/mol. The summed E-state index contributed by atoms with van der Waals surface area (Å²) < 4.78 is 47.8. The molecule has 2 N–H and O–H groups in total. The summed E-state index contributed by atoms with van der Waals surface area (Å²) in [5.41, 5.74) is 2.01. The topological polar surface area (TPSA) is 92.0 Å². The molecule has 2 aromatic heterocycles. The lowest BCUT2D eigenvalue weighted by atomic mass is 9.96. The van der Waals surface area contributed by atoms with Gasteiger partial charge in [-0.25, -0.2) is 4.68 Å². The minimum atomic E-state index is -4.55. The van der Waals surface area contributed by atoms with Gasteiger partial charge in [-0.3, -0.25) is 4.79 Å². The van der Waals surface area contributed by atoms with Gasteiger partial charge in [0.2, 0.25) is 0 Å². The number of methoxy groups -OCH3 is 1. The van der Waals surface area contributed by atoms with Crippen LogP contribution in [0.2, 0.25) is 0 Å².